The van der Waals surface area contributed by atoms with Crippen molar-refractivity contribution in [1.29, 1.82) is 0 Å². The Morgan fingerprint density at radius 3 is 1.82 bits per heavy atom. The lowest BCUT2D eigenvalue weighted by atomic mass is 9.76. The van der Waals surface area contributed by atoms with Crippen molar-refractivity contribution >= 4 is 30.1 Å². The van der Waals surface area contributed by atoms with E-state index in [0.717, 1.165) is 55.3 Å². The maximum atomic E-state index is 13.6. The first-order valence-electron chi connectivity index (χ1n) is 16.4. The molecule has 2 atom stereocenters. The van der Waals surface area contributed by atoms with E-state index in [9.17, 15) is 18.0 Å². The van der Waals surface area contributed by atoms with Gasteiger partial charge >= 0.3 is 6.18 Å². The zero-order chi connectivity index (χ0) is 35.5. The molecule has 0 saturated carbocycles. The van der Waals surface area contributed by atoms with Gasteiger partial charge in [-0.2, -0.15) is 13.2 Å². The van der Waals surface area contributed by atoms with Crippen LogP contribution in [0.25, 0.3) is 0 Å². The van der Waals surface area contributed by atoms with Gasteiger partial charge in [0, 0.05) is 29.1 Å². The monoisotopic (exact) mass is 720 g/mol. The van der Waals surface area contributed by atoms with Gasteiger partial charge in [0.2, 0.25) is 0 Å². The van der Waals surface area contributed by atoms with Gasteiger partial charge < -0.3 is 15.8 Å². The van der Waals surface area contributed by atoms with Gasteiger partial charge in [-0.15, -0.1) is 24.2 Å². The topological polar surface area (TPSA) is 70.8 Å². The smallest absolute Gasteiger partial charge is 0.416 e. The molecule has 3 aromatic carbocycles. The van der Waals surface area contributed by atoms with Crippen LogP contribution >= 0.6 is 24.2 Å². The summed E-state index contributed by atoms with van der Waals surface area (Å²) < 4.78 is 45.3. The Kier molecular flexibility index (Phi) is 13.0. The van der Waals surface area contributed by atoms with Crippen molar-refractivity contribution in [3.05, 3.63) is 95.1 Å². The largest absolute Gasteiger partial charge is 0.496 e. The van der Waals surface area contributed by atoms with Gasteiger partial charge in [0.25, 0.3) is 5.91 Å². The van der Waals surface area contributed by atoms with E-state index in [2.05, 4.69) is 74.1 Å². The number of ether oxygens (including phenoxy) is 1. The average Bonchev–Trinajstić information content (AvgIpc) is 3.05. The SMILES string of the molecule is CN1CC(N)(c2ccccc2)CCC1(C)C.COc1cc(C(F)(F)F)cc(SC)c1C(=O)NC1(c2ccccc2)CCC(C)(C)N(C)C1.Cl. The Hall–Kier alpha value is -2.76. The van der Waals surface area contributed by atoms with Gasteiger partial charge in [0.1, 0.15) is 5.75 Å². The van der Waals surface area contributed by atoms with E-state index in [1.165, 1.54) is 12.7 Å². The number of likely N-dealkylation sites (N-methyl/N-ethyl adjacent to an activating group) is 2. The molecule has 2 saturated heterocycles. The lowest BCUT2D eigenvalue weighted by Crippen LogP contribution is -2.61. The van der Waals surface area contributed by atoms with E-state index in [1.54, 1.807) is 6.26 Å². The van der Waals surface area contributed by atoms with E-state index in [-0.39, 0.29) is 45.2 Å². The third-order valence-electron chi connectivity index (χ3n) is 10.5. The summed E-state index contributed by atoms with van der Waals surface area (Å²) in [5.74, 6) is -0.536. The van der Waals surface area contributed by atoms with Crippen LogP contribution in [0.5, 0.6) is 5.75 Å². The molecule has 0 aliphatic carbocycles. The highest BCUT2D eigenvalue weighted by Gasteiger charge is 2.45. The van der Waals surface area contributed by atoms with Crippen LogP contribution < -0.4 is 15.8 Å². The number of halogens is 4. The Labute approximate surface area is 300 Å². The summed E-state index contributed by atoms with van der Waals surface area (Å²) in [5.41, 5.74) is 7.45. The number of hydrogen-bond donors (Lipinski definition) is 2. The molecule has 2 fully saturated rings. The molecule has 0 bridgehead atoms. The van der Waals surface area contributed by atoms with Crippen molar-refractivity contribution in [2.24, 2.45) is 5.73 Å². The van der Waals surface area contributed by atoms with Gasteiger partial charge in [0.05, 0.1) is 29.3 Å². The highest BCUT2D eigenvalue weighted by molar-refractivity contribution is 7.98. The molecule has 270 valence electrons. The van der Waals surface area contributed by atoms with Gasteiger partial charge in [-0.05, 0) is 97.0 Å². The number of nitrogens with two attached hydrogens (primary N) is 1. The van der Waals surface area contributed by atoms with Crippen molar-refractivity contribution in [2.45, 2.75) is 86.6 Å². The zero-order valence-electron chi connectivity index (χ0n) is 29.9. The quantitative estimate of drug-likeness (QED) is 0.250. The molecule has 3 aromatic rings. The van der Waals surface area contributed by atoms with E-state index >= 15 is 0 Å². The van der Waals surface area contributed by atoms with Gasteiger partial charge in [-0.25, -0.2) is 0 Å². The molecule has 0 aromatic heterocycles. The van der Waals surface area contributed by atoms with Crippen molar-refractivity contribution in [1.82, 2.24) is 15.1 Å². The molecule has 6 nitrogen and oxygen atoms in total. The number of hydrogen-bond acceptors (Lipinski definition) is 6. The van der Waals surface area contributed by atoms with Gasteiger partial charge in [-0.1, -0.05) is 60.7 Å². The van der Waals surface area contributed by atoms with E-state index in [0.29, 0.717) is 13.0 Å². The molecule has 2 aliphatic rings. The number of methoxy groups -OCH3 is 1. The maximum absolute atomic E-state index is 13.6. The van der Waals surface area contributed by atoms with Crippen LogP contribution in [0.1, 0.15) is 80.4 Å². The second kappa shape index (κ2) is 15.6. The molecule has 3 N–H and O–H groups in total. The third-order valence-corrected chi connectivity index (χ3v) is 11.3. The minimum atomic E-state index is -4.53. The summed E-state index contributed by atoms with van der Waals surface area (Å²) in [6.07, 6.45) is 0.879. The summed E-state index contributed by atoms with van der Waals surface area (Å²) in [6.45, 7) is 10.4. The first-order chi connectivity index (χ1) is 22.4. The second-order valence-electron chi connectivity index (χ2n) is 14.5. The number of nitrogens with one attached hydrogen (secondary N) is 1. The molecule has 49 heavy (non-hydrogen) atoms. The molecule has 2 aliphatic heterocycles. The van der Waals surface area contributed by atoms with Crippen molar-refractivity contribution in [3.63, 3.8) is 0 Å². The highest BCUT2D eigenvalue weighted by Crippen LogP contribution is 2.41. The van der Waals surface area contributed by atoms with Crippen molar-refractivity contribution in [2.75, 3.05) is 40.6 Å². The lowest BCUT2D eigenvalue weighted by molar-refractivity contribution is -0.137. The Morgan fingerprint density at radius 2 is 1.35 bits per heavy atom. The molecule has 11 heteroatoms. The van der Waals surface area contributed by atoms with Crippen LogP contribution in [-0.2, 0) is 17.3 Å². The van der Waals surface area contributed by atoms with E-state index in [1.807, 2.05) is 43.4 Å². The zero-order valence-corrected chi connectivity index (χ0v) is 31.5. The fourth-order valence-electron chi connectivity index (χ4n) is 6.60. The van der Waals surface area contributed by atoms with Gasteiger partial charge in [0.15, 0.2) is 0 Å². The molecular formula is C38H52ClF3N4O2S. The standard InChI is InChI=1S/C24H29F3N2O2S.C14H22N2.ClH/c1-22(2)11-12-23(15-29(22)3,16-9-7-6-8-10-16)28-21(30)20-18(31-4)13-17(24(25,26)27)14-19(20)32-5;1-13(2)9-10-14(15,11-16(13)3)12-7-5-4-6-8-12;/h6-10,13-14H,11-12,15H2,1-5H3,(H,28,30);4-8H,9-11,15H2,1-3H3;1H. The van der Waals surface area contributed by atoms with Crippen molar-refractivity contribution < 1.29 is 22.7 Å². The van der Waals surface area contributed by atoms with Crippen molar-refractivity contribution in [3.8, 4) is 5.75 Å². The van der Waals surface area contributed by atoms with Gasteiger partial charge in [-0.3, -0.25) is 14.6 Å². The minimum absolute atomic E-state index is 0. The Bertz CT molecular complexity index is 1530. The normalized spacial score (nSPS) is 23.8. The molecule has 2 unspecified atom stereocenters. The molecule has 2 heterocycles. The van der Waals surface area contributed by atoms with Crippen LogP contribution in [0.3, 0.4) is 0 Å². The number of carbonyl (C=O) groups is 1. The number of piperidine rings is 2. The van der Waals surface area contributed by atoms with E-state index in [4.69, 9.17) is 10.5 Å². The number of nitrogens with zero attached hydrogens (tertiary/aromatic N) is 2. The van der Waals surface area contributed by atoms with Crippen LogP contribution in [0.2, 0.25) is 0 Å². The number of benzene rings is 3. The fourth-order valence-corrected chi connectivity index (χ4v) is 7.24. The predicted octanol–water partition coefficient (Wildman–Crippen LogP) is 8.33. The Morgan fingerprint density at radius 1 is 0.837 bits per heavy atom. The molecular weight excluding hydrogens is 669 g/mol. The van der Waals surface area contributed by atoms with Crippen LogP contribution in [-0.4, -0.2) is 67.3 Å². The number of rotatable bonds is 6. The van der Waals surface area contributed by atoms with Crippen LogP contribution in [0.15, 0.2) is 77.7 Å². The Balaban J connectivity index is 0.000000321. The number of carbonyl (C=O) groups excluding carboxylic acids is 1. The number of amides is 1. The second-order valence-corrected chi connectivity index (χ2v) is 15.4. The van der Waals surface area contributed by atoms with Crippen LogP contribution in [0.4, 0.5) is 13.2 Å². The third kappa shape index (κ3) is 9.13. The van der Waals surface area contributed by atoms with Crippen LogP contribution in [0, 0.1) is 0 Å². The summed E-state index contributed by atoms with van der Waals surface area (Å²) in [6, 6.07) is 22.1. The summed E-state index contributed by atoms with van der Waals surface area (Å²) >= 11 is 1.09. The maximum Gasteiger partial charge on any atom is 0.416 e. The average molecular weight is 721 g/mol. The highest BCUT2D eigenvalue weighted by atomic mass is 35.5. The first-order valence-corrected chi connectivity index (χ1v) is 17.6. The predicted molar refractivity (Wildman–Crippen MR) is 197 cm³/mol. The summed E-state index contributed by atoms with van der Waals surface area (Å²) in [4.78, 5) is 18.4. The molecule has 0 spiro atoms. The first kappa shape index (κ1) is 40.7. The number of thioether (sulfide) groups is 1. The number of alkyl halides is 3. The van der Waals surface area contributed by atoms with E-state index < -0.39 is 23.2 Å². The fraction of sp³-hybridized carbons (Fsp3) is 0.500. The molecule has 0 radical (unpaired) electrons. The molecule has 1 amide bonds. The number of likely N-dealkylation sites (tertiary alicyclic amines) is 2. The summed E-state index contributed by atoms with van der Waals surface area (Å²) in [5, 5.41) is 3.19. The summed E-state index contributed by atoms with van der Waals surface area (Å²) in [7, 11) is 5.47. The minimum Gasteiger partial charge on any atom is -0.496 e. The molecule has 5 rings (SSSR count). The lowest BCUT2D eigenvalue weighted by Gasteiger charge is -2.50.